The van der Waals surface area contributed by atoms with E-state index in [1.54, 1.807) is 12.1 Å². The number of nitrogens with zero attached hydrogens (tertiary/aromatic N) is 4. The van der Waals surface area contributed by atoms with Crippen LogP contribution in [0.25, 0.3) is 10.9 Å². The molecular weight excluding hydrogens is 502 g/mol. The lowest BCUT2D eigenvalue weighted by Crippen LogP contribution is -2.49. The number of amides is 1. The largest absolute Gasteiger partial charge is 0.487 e. The Hall–Kier alpha value is -4.64. The van der Waals surface area contributed by atoms with Crippen LogP contribution in [0, 0.1) is 22.7 Å². The number of benzene rings is 3. The molecule has 2 unspecified atom stereocenters. The number of carbonyl (C=O) groups is 1. The zero-order valence-electron chi connectivity index (χ0n) is 22.6. The number of para-hydroxylation sites is 1. The molecule has 1 amide bonds. The molecule has 1 aliphatic heterocycles. The van der Waals surface area contributed by atoms with Crippen LogP contribution in [0.4, 0.5) is 5.69 Å². The highest BCUT2D eigenvalue weighted by Gasteiger charge is 2.64. The van der Waals surface area contributed by atoms with Crippen LogP contribution in [-0.4, -0.2) is 47.0 Å². The molecule has 0 spiro atoms. The SMILES string of the molecule is CC1(C)C(C(=O)N2CCN(c3ccc(C#N)cc3)CC2)C1c1nc2c(OCc3ccccc3)cccc2c(=O)[nH]1. The third-order valence-corrected chi connectivity index (χ3v) is 8.30. The van der Waals surface area contributed by atoms with E-state index in [2.05, 4.69) is 29.8 Å². The minimum Gasteiger partial charge on any atom is -0.487 e. The molecule has 1 saturated carbocycles. The van der Waals surface area contributed by atoms with E-state index < -0.39 is 0 Å². The second kappa shape index (κ2) is 10.2. The highest BCUT2D eigenvalue weighted by atomic mass is 16.5. The first-order chi connectivity index (χ1) is 19.4. The van der Waals surface area contributed by atoms with Crippen LogP contribution in [0.5, 0.6) is 5.75 Å². The normalized spacial score (nSPS) is 19.7. The molecule has 8 nitrogen and oxygen atoms in total. The minimum atomic E-state index is -0.329. The topological polar surface area (TPSA) is 102 Å². The van der Waals surface area contributed by atoms with Gasteiger partial charge in [0, 0.05) is 37.8 Å². The highest BCUT2D eigenvalue weighted by molar-refractivity contribution is 5.86. The number of ether oxygens (including phenoxy) is 1. The first kappa shape index (κ1) is 25.6. The summed E-state index contributed by atoms with van der Waals surface area (Å²) in [6, 6.07) is 24.9. The summed E-state index contributed by atoms with van der Waals surface area (Å²) in [4.78, 5) is 38.8. The number of hydrogen-bond acceptors (Lipinski definition) is 6. The van der Waals surface area contributed by atoms with E-state index in [0.29, 0.717) is 47.7 Å². The third kappa shape index (κ3) is 4.68. The molecule has 2 heterocycles. The maximum absolute atomic E-state index is 13.7. The monoisotopic (exact) mass is 533 g/mol. The van der Waals surface area contributed by atoms with Gasteiger partial charge in [0.15, 0.2) is 0 Å². The van der Waals surface area contributed by atoms with Gasteiger partial charge in [-0.3, -0.25) is 9.59 Å². The van der Waals surface area contributed by atoms with Gasteiger partial charge >= 0.3 is 0 Å². The number of nitriles is 1. The predicted octanol–water partition coefficient (Wildman–Crippen LogP) is 4.46. The molecule has 2 fully saturated rings. The molecule has 6 rings (SSSR count). The number of anilines is 1. The lowest BCUT2D eigenvalue weighted by Gasteiger charge is -2.36. The molecule has 2 atom stereocenters. The van der Waals surface area contributed by atoms with Gasteiger partial charge in [-0.2, -0.15) is 5.26 Å². The maximum atomic E-state index is 13.7. The number of carbonyl (C=O) groups excluding carboxylic acids is 1. The Labute approximate surface area is 232 Å². The number of fused-ring (bicyclic) bond motifs is 1. The van der Waals surface area contributed by atoms with Gasteiger partial charge in [-0.05, 0) is 47.4 Å². The summed E-state index contributed by atoms with van der Waals surface area (Å²) in [6.45, 7) is 7.19. The highest BCUT2D eigenvalue weighted by Crippen LogP contribution is 2.64. The van der Waals surface area contributed by atoms with Crippen LogP contribution in [0.3, 0.4) is 0 Å². The first-order valence-electron chi connectivity index (χ1n) is 13.6. The van der Waals surface area contributed by atoms with E-state index in [1.165, 1.54) is 0 Å². The first-order valence-corrected chi connectivity index (χ1v) is 13.6. The van der Waals surface area contributed by atoms with Crippen molar-refractivity contribution in [1.29, 1.82) is 5.26 Å². The van der Waals surface area contributed by atoms with Crippen LogP contribution < -0.4 is 15.2 Å². The van der Waals surface area contributed by atoms with Crippen molar-refractivity contribution in [2.45, 2.75) is 26.4 Å². The smallest absolute Gasteiger partial charge is 0.258 e. The summed E-state index contributed by atoms with van der Waals surface area (Å²) in [5.41, 5.74) is 2.67. The van der Waals surface area contributed by atoms with Crippen molar-refractivity contribution < 1.29 is 9.53 Å². The van der Waals surface area contributed by atoms with Crippen LogP contribution >= 0.6 is 0 Å². The van der Waals surface area contributed by atoms with E-state index in [-0.39, 0.29) is 28.7 Å². The number of rotatable bonds is 6. The van der Waals surface area contributed by atoms with Crippen molar-refractivity contribution in [3.05, 3.63) is 100 Å². The summed E-state index contributed by atoms with van der Waals surface area (Å²) in [6.07, 6.45) is 0. The summed E-state index contributed by atoms with van der Waals surface area (Å²) < 4.78 is 6.09. The third-order valence-electron chi connectivity index (χ3n) is 8.30. The number of aromatic amines is 1. The zero-order chi connectivity index (χ0) is 27.9. The molecule has 202 valence electrons. The van der Waals surface area contributed by atoms with Crippen LogP contribution in [0.2, 0.25) is 0 Å². The Balaban J connectivity index is 1.19. The Morgan fingerprint density at radius 2 is 1.75 bits per heavy atom. The van der Waals surface area contributed by atoms with E-state index in [4.69, 9.17) is 15.0 Å². The molecule has 40 heavy (non-hydrogen) atoms. The molecule has 1 aromatic heterocycles. The molecule has 3 aromatic carbocycles. The summed E-state index contributed by atoms with van der Waals surface area (Å²) in [5.74, 6) is 0.746. The van der Waals surface area contributed by atoms with Gasteiger partial charge < -0.3 is 19.5 Å². The second-order valence-corrected chi connectivity index (χ2v) is 11.1. The van der Waals surface area contributed by atoms with Gasteiger partial charge in [-0.1, -0.05) is 50.2 Å². The lowest BCUT2D eigenvalue weighted by molar-refractivity contribution is -0.133. The number of aromatic nitrogens is 2. The average molecular weight is 534 g/mol. The summed E-state index contributed by atoms with van der Waals surface area (Å²) in [7, 11) is 0. The molecule has 8 heteroatoms. The fraction of sp³-hybridized carbons (Fsp3) is 0.312. The number of nitrogens with one attached hydrogen (secondary N) is 1. The number of piperazine rings is 1. The number of hydrogen-bond donors (Lipinski definition) is 1. The Kier molecular flexibility index (Phi) is 6.51. The molecule has 0 bridgehead atoms. The van der Waals surface area contributed by atoms with Gasteiger partial charge in [-0.25, -0.2) is 4.98 Å². The fourth-order valence-electron chi connectivity index (χ4n) is 5.89. The van der Waals surface area contributed by atoms with Crippen LogP contribution in [-0.2, 0) is 11.4 Å². The van der Waals surface area contributed by atoms with Crippen molar-refractivity contribution in [3.63, 3.8) is 0 Å². The Morgan fingerprint density at radius 1 is 1.02 bits per heavy atom. The fourth-order valence-corrected chi connectivity index (χ4v) is 5.89. The van der Waals surface area contributed by atoms with E-state index >= 15 is 0 Å². The maximum Gasteiger partial charge on any atom is 0.258 e. The van der Waals surface area contributed by atoms with Crippen LogP contribution in [0.1, 0.15) is 36.7 Å². The van der Waals surface area contributed by atoms with Crippen molar-refractivity contribution in [2.75, 3.05) is 31.1 Å². The minimum absolute atomic E-state index is 0.103. The second-order valence-electron chi connectivity index (χ2n) is 11.1. The molecule has 1 N–H and O–H groups in total. The zero-order valence-corrected chi connectivity index (χ0v) is 22.6. The van der Waals surface area contributed by atoms with Crippen molar-refractivity contribution in [3.8, 4) is 11.8 Å². The van der Waals surface area contributed by atoms with Gasteiger partial charge in [0.25, 0.3) is 5.56 Å². The number of H-pyrrole nitrogens is 1. The van der Waals surface area contributed by atoms with Crippen molar-refractivity contribution >= 4 is 22.5 Å². The molecule has 1 saturated heterocycles. The summed E-state index contributed by atoms with van der Waals surface area (Å²) >= 11 is 0. The quantitative estimate of drug-likeness (QED) is 0.393. The van der Waals surface area contributed by atoms with Gasteiger partial charge in [0.1, 0.15) is 23.7 Å². The van der Waals surface area contributed by atoms with Gasteiger partial charge in [-0.15, -0.1) is 0 Å². The van der Waals surface area contributed by atoms with Gasteiger partial charge in [0.05, 0.1) is 22.9 Å². The molecule has 1 aliphatic carbocycles. The van der Waals surface area contributed by atoms with Crippen molar-refractivity contribution in [2.24, 2.45) is 11.3 Å². The Bertz CT molecular complexity index is 1650. The predicted molar refractivity (Wildman–Crippen MR) is 153 cm³/mol. The Morgan fingerprint density at radius 3 is 2.45 bits per heavy atom. The lowest BCUT2D eigenvalue weighted by atomic mass is 10.1. The van der Waals surface area contributed by atoms with Crippen molar-refractivity contribution in [1.82, 2.24) is 14.9 Å². The molecular formula is C32H31N5O3. The standard InChI is InChI=1S/C32H31N5O3/c1-32(2)26(27(32)31(39)37-17-15-36(16-18-37)23-13-11-21(19-33)12-14-23)29-34-28-24(30(38)35-29)9-6-10-25(28)40-20-22-7-4-3-5-8-22/h3-14,26-27H,15-18,20H2,1-2H3,(H,34,35,38). The average Bonchev–Trinajstić information content (AvgIpc) is 3.57. The van der Waals surface area contributed by atoms with E-state index in [9.17, 15) is 9.59 Å². The molecule has 4 aromatic rings. The molecule has 0 radical (unpaired) electrons. The summed E-state index contributed by atoms with van der Waals surface area (Å²) in [5, 5.41) is 9.52. The van der Waals surface area contributed by atoms with E-state index in [1.807, 2.05) is 65.6 Å². The molecule has 2 aliphatic rings. The van der Waals surface area contributed by atoms with Crippen LogP contribution in [0.15, 0.2) is 77.6 Å². The van der Waals surface area contributed by atoms with Gasteiger partial charge in [0.2, 0.25) is 5.91 Å². The van der Waals surface area contributed by atoms with E-state index in [0.717, 1.165) is 24.3 Å².